The van der Waals surface area contributed by atoms with Crippen LogP contribution in [0.5, 0.6) is 11.5 Å². The van der Waals surface area contributed by atoms with E-state index in [0.717, 1.165) is 5.56 Å². The van der Waals surface area contributed by atoms with Crippen molar-refractivity contribution in [3.63, 3.8) is 0 Å². The Morgan fingerprint density at radius 3 is 2.67 bits per heavy atom. The van der Waals surface area contributed by atoms with Gasteiger partial charge in [0.05, 0.1) is 17.1 Å². The van der Waals surface area contributed by atoms with Crippen molar-refractivity contribution in [1.29, 1.82) is 0 Å². The Balaban J connectivity index is 2.14. The maximum Gasteiger partial charge on any atom is 0.137 e. The number of benzene rings is 2. The fraction of sp³-hybridized carbons (Fsp3) is 0.133. The molecule has 0 spiro atoms. The standard InChI is InChI=1S/C15H13BrFNO2S/c1-19-14-5-2-9(6-11(14)15(18)21)8-20-10-3-4-13(17)12(16)7-10/h2-7H,8H2,1H3,(H2,18,21). The number of methoxy groups -OCH3 is 1. The summed E-state index contributed by atoms with van der Waals surface area (Å²) >= 11 is 8.11. The molecular weight excluding hydrogens is 357 g/mol. The molecule has 0 radical (unpaired) electrons. The summed E-state index contributed by atoms with van der Waals surface area (Å²) in [6.45, 7) is 0.317. The number of rotatable bonds is 5. The van der Waals surface area contributed by atoms with Crippen LogP contribution < -0.4 is 15.2 Å². The number of hydrogen-bond donors (Lipinski definition) is 1. The lowest BCUT2D eigenvalue weighted by Crippen LogP contribution is -2.12. The van der Waals surface area contributed by atoms with E-state index in [1.807, 2.05) is 12.1 Å². The van der Waals surface area contributed by atoms with Crippen molar-refractivity contribution < 1.29 is 13.9 Å². The van der Waals surface area contributed by atoms with Gasteiger partial charge in [-0.2, -0.15) is 0 Å². The third kappa shape index (κ3) is 3.92. The Bertz CT molecular complexity index is 679. The molecule has 2 aromatic carbocycles. The van der Waals surface area contributed by atoms with E-state index in [9.17, 15) is 4.39 Å². The first-order valence-corrected chi connectivity index (χ1v) is 7.26. The van der Waals surface area contributed by atoms with Gasteiger partial charge in [0.25, 0.3) is 0 Å². The van der Waals surface area contributed by atoms with Gasteiger partial charge >= 0.3 is 0 Å². The number of thiocarbonyl (C=S) groups is 1. The van der Waals surface area contributed by atoms with Crippen LogP contribution in [0.3, 0.4) is 0 Å². The van der Waals surface area contributed by atoms with Gasteiger partial charge in [0, 0.05) is 0 Å². The van der Waals surface area contributed by atoms with Crippen molar-refractivity contribution in [2.75, 3.05) is 7.11 Å². The molecule has 0 bridgehead atoms. The highest BCUT2D eigenvalue weighted by Gasteiger charge is 2.08. The molecule has 0 unspecified atom stereocenters. The van der Waals surface area contributed by atoms with Crippen molar-refractivity contribution in [1.82, 2.24) is 0 Å². The van der Waals surface area contributed by atoms with E-state index in [1.54, 1.807) is 25.3 Å². The Kier molecular flexibility index (Phi) is 5.14. The average Bonchev–Trinajstić information content (AvgIpc) is 2.48. The SMILES string of the molecule is COc1ccc(COc2ccc(F)c(Br)c2)cc1C(N)=S. The first-order chi connectivity index (χ1) is 10.0. The van der Waals surface area contributed by atoms with Crippen LogP contribution in [0, 0.1) is 5.82 Å². The van der Waals surface area contributed by atoms with Gasteiger partial charge in [-0.3, -0.25) is 0 Å². The second-order valence-corrected chi connectivity index (χ2v) is 5.56. The van der Waals surface area contributed by atoms with Crippen LogP contribution in [0.25, 0.3) is 0 Å². The molecule has 0 heterocycles. The van der Waals surface area contributed by atoms with Crippen LogP contribution in [-0.4, -0.2) is 12.1 Å². The molecule has 0 fully saturated rings. The lowest BCUT2D eigenvalue weighted by atomic mass is 10.1. The van der Waals surface area contributed by atoms with E-state index in [0.29, 0.717) is 28.1 Å². The summed E-state index contributed by atoms with van der Waals surface area (Å²) < 4.78 is 24.3. The first kappa shape index (κ1) is 15.7. The molecule has 3 nitrogen and oxygen atoms in total. The molecule has 0 aromatic heterocycles. The van der Waals surface area contributed by atoms with Crippen molar-refractivity contribution in [3.8, 4) is 11.5 Å². The predicted molar refractivity (Wildman–Crippen MR) is 87.3 cm³/mol. The minimum absolute atomic E-state index is 0.262. The summed E-state index contributed by atoms with van der Waals surface area (Å²) in [5.74, 6) is 0.856. The van der Waals surface area contributed by atoms with Crippen molar-refractivity contribution in [3.05, 3.63) is 57.8 Å². The molecule has 0 saturated carbocycles. The molecule has 21 heavy (non-hydrogen) atoms. The fourth-order valence-electron chi connectivity index (χ4n) is 1.77. The van der Waals surface area contributed by atoms with Crippen LogP contribution in [-0.2, 0) is 6.61 Å². The zero-order valence-electron chi connectivity index (χ0n) is 11.2. The topological polar surface area (TPSA) is 44.5 Å². The molecule has 0 aliphatic heterocycles. The average molecular weight is 370 g/mol. The molecule has 2 N–H and O–H groups in total. The van der Waals surface area contributed by atoms with Crippen LogP contribution >= 0.6 is 28.1 Å². The molecule has 2 rings (SSSR count). The molecular formula is C15H13BrFNO2S. The van der Waals surface area contributed by atoms with Gasteiger partial charge in [0.15, 0.2) is 0 Å². The summed E-state index contributed by atoms with van der Waals surface area (Å²) in [7, 11) is 1.56. The highest BCUT2D eigenvalue weighted by atomic mass is 79.9. The van der Waals surface area contributed by atoms with E-state index in [1.165, 1.54) is 6.07 Å². The summed E-state index contributed by atoms with van der Waals surface area (Å²) in [6.07, 6.45) is 0. The quantitative estimate of drug-likeness (QED) is 0.813. The van der Waals surface area contributed by atoms with Gasteiger partial charge in [0.1, 0.15) is 28.9 Å². The maximum atomic E-state index is 13.1. The highest BCUT2D eigenvalue weighted by molar-refractivity contribution is 9.10. The Hall–Kier alpha value is -1.66. The van der Waals surface area contributed by atoms with Crippen LogP contribution in [0.1, 0.15) is 11.1 Å². The number of halogens is 2. The Morgan fingerprint density at radius 2 is 2.05 bits per heavy atom. The van der Waals surface area contributed by atoms with E-state index in [2.05, 4.69) is 15.9 Å². The molecule has 2 aromatic rings. The Labute approximate surface area is 136 Å². The second-order valence-electron chi connectivity index (χ2n) is 4.26. The van der Waals surface area contributed by atoms with Gasteiger partial charge < -0.3 is 15.2 Å². The zero-order valence-corrected chi connectivity index (χ0v) is 13.6. The van der Waals surface area contributed by atoms with E-state index in [4.69, 9.17) is 27.4 Å². The molecule has 0 aliphatic carbocycles. The molecule has 110 valence electrons. The number of hydrogen-bond acceptors (Lipinski definition) is 3. The van der Waals surface area contributed by atoms with Gasteiger partial charge in [-0.1, -0.05) is 18.3 Å². The summed E-state index contributed by atoms with van der Waals surface area (Å²) in [4.78, 5) is 0.262. The van der Waals surface area contributed by atoms with E-state index in [-0.39, 0.29) is 10.8 Å². The van der Waals surface area contributed by atoms with Crippen LogP contribution in [0.15, 0.2) is 40.9 Å². The lowest BCUT2D eigenvalue weighted by molar-refractivity contribution is 0.305. The van der Waals surface area contributed by atoms with Crippen LogP contribution in [0.2, 0.25) is 0 Å². The number of nitrogens with two attached hydrogens (primary N) is 1. The monoisotopic (exact) mass is 369 g/mol. The highest BCUT2D eigenvalue weighted by Crippen LogP contribution is 2.24. The smallest absolute Gasteiger partial charge is 0.137 e. The lowest BCUT2D eigenvalue weighted by Gasteiger charge is -2.11. The first-order valence-electron chi connectivity index (χ1n) is 6.06. The maximum absolute atomic E-state index is 13.1. The zero-order chi connectivity index (χ0) is 15.4. The van der Waals surface area contributed by atoms with E-state index < -0.39 is 0 Å². The minimum atomic E-state index is -0.331. The van der Waals surface area contributed by atoms with Gasteiger partial charge in [-0.05, 0) is 51.8 Å². The second kappa shape index (κ2) is 6.87. The molecule has 6 heteroatoms. The predicted octanol–water partition coefficient (Wildman–Crippen LogP) is 3.81. The third-order valence-electron chi connectivity index (χ3n) is 2.83. The summed E-state index contributed by atoms with van der Waals surface area (Å²) in [6, 6.07) is 9.95. The molecule has 0 amide bonds. The molecule has 0 atom stereocenters. The minimum Gasteiger partial charge on any atom is -0.496 e. The van der Waals surface area contributed by atoms with Crippen molar-refractivity contribution >= 4 is 33.1 Å². The summed E-state index contributed by atoms with van der Waals surface area (Å²) in [5, 5.41) is 0. The van der Waals surface area contributed by atoms with E-state index >= 15 is 0 Å². The molecule has 0 aliphatic rings. The normalized spacial score (nSPS) is 10.2. The third-order valence-corrected chi connectivity index (χ3v) is 3.65. The van der Waals surface area contributed by atoms with Crippen LogP contribution in [0.4, 0.5) is 4.39 Å². The van der Waals surface area contributed by atoms with Gasteiger partial charge in [-0.25, -0.2) is 4.39 Å². The summed E-state index contributed by atoms with van der Waals surface area (Å²) in [5.41, 5.74) is 7.21. The van der Waals surface area contributed by atoms with Gasteiger partial charge in [-0.15, -0.1) is 0 Å². The largest absolute Gasteiger partial charge is 0.496 e. The van der Waals surface area contributed by atoms with Gasteiger partial charge in [0.2, 0.25) is 0 Å². The number of ether oxygens (including phenoxy) is 2. The fourth-order valence-corrected chi connectivity index (χ4v) is 2.29. The molecule has 0 saturated heterocycles. The Morgan fingerprint density at radius 1 is 1.29 bits per heavy atom. The van der Waals surface area contributed by atoms with Crippen molar-refractivity contribution in [2.45, 2.75) is 6.61 Å². The van der Waals surface area contributed by atoms with Crippen molar-refractivity contribution in [2.24, 2.45) is 5.73 Å².